The minimum absolute atomic E-state index is 0.570. The molecule has 0 fully saturated rings. The molecule has 5 heteroatoms. The van der Waals surface area contributed by atoms with Gasteiger partial charge in [0.25, 0.3) is 0 Å². The van der Waals surface area contributed by atoms with Gasteiger partial charge in [0.05, 0.1) is 6.10 Å². The molecule has 0 bridgehead atoms. The molecule has 1 heterocycles. The van der Waals surface area contributed by atoms with Crippen LogP contribution in [0.3, 0.4) is 0 Å². The van der Waals surface area contributed by atoms with E-state index < -0.39 is 17.7 Å². The standard InChI is InChI=1S/C13H11F2NOS/c1-8(17)9-2-5-13(16-7-9)18-10-3-4-11(14)12(15)6-10/h2-8,17H,1H3. The molecule has 18 heavy (non-hydrogen) atoms. The Balaban J connectivity index is 2.15. The lowest BCUT2D eigenvalue weighted by Crippen LogP contribution is -1.92. The molecule has 0 radical (unpaired) electrons. The third kappa shape index (κ3) is 3.05. The lowest BCUT2D eigenvalue weighted by molar-refractivity contribution is 0.198. The van der Waals surface area contributed by atoms with E-state index in [9.17, 15) is 13.9 Å². The minimum Gasteiger partial charge on any atom is -0.389 e. The average molecular weight is 267 g/mol. The number of aromatic nitrogens is 1. The number of hydrogen-bond donors (Lipinski definition) is 1. The Bertz CT molecular complexity index is 543. The van der Waals surface area contributed by atoms with Gasteiger partial charge in [-0.2, -0.15) is 0 Å². The summed E-state index contributed by atoms with van der Waals surface area (Å²) in [6.45, 7) is 1.65. The fourth-order valence-corrected chi connectivity index (χ4v) is 2.14. The van der Waals surface area contributed by atoms with Gasteiger partial charge >= 0.3 is 0 Å². The van der Waals surface area contributed by atoms with E-state index in [-0.39, 0.29) is 0 Å². The zero-order chi connectivity index (χ0) is 13.1. The zero-order valence-corrected chi connectivity index (χ0v) is 10.4. The van der Waals surface area contributed by atoms with Gasteiger partial charge in [0.15, 0.2) is 11.6 Å². The van der Waals surface area contributed by atoms with Crippen molar-refractivity contribution in [2.75, 3.05) is 0 Å². The van der Waals surface area contributed by atoms with E-state index in [0.29, 0.717) is 15.5 Å². The molecule has 2 aromatic rings. The van der Waals surface area contributed by atoms with Crippen LogP contribution in [0.2, 0.25) is 0 Å². The molecule has 2 rings (SSSR count). The second-order valence-electron chi connectivity index (χ2n) is 3.78. The van der Waals surface area contributed by atoms with E-state index in [1.807, 2.05) is 0 Å². The molecule has 1 aromatic heterocycles. The topological polar surface area (TPSA) is 33.1 Å². The van der Waals surface area contributed by atoms with E-state index in [1.165, 1.54) is 17.8 Å². The van der Waals surface area contributed by atoms with Gasteiger partial charge in [-0.1, -0.05) is 17.8 Å². The van der Waals surface area contributed by atoms with Gasteiger partial charge in [-0.25, -0.2) is 13.8 Å². The molecule has 0 aliphatic heterocycles. The summed E-state index contributed by atoms with van der Waals surface area (Å²) >= 11 is 1.23. The first kappa shape index (κ1) is 13.0. The van der Waals surface area contributed by atoms with E-state index in [1.54, 1.807) is 25.3 Å². The molecule has 1 atom stereocenters. The molecule has 1 unspecified atom stereocenters. The van der Waals surface area contributed by atoms with E-state index in [0.717, 1.165) is 12.1 Å². The summed E-state index contributed by atoms with van der Waals surface area (Å²) < 4.78 is 25.8. The number of halogens is 2. The van der Waals surface area contributed by atoms with Crippen LogP contribution in [0.15, 0.2) is 46.5 Å². The summed E-state index contributed by atoms with van der Waals surface area (Å²) in [5, 5.41) is 9.99. The van der Waals surface area contributed by atoms with Crippen LogP contribution in [-0.4, -0.2) is 10.1 Å². The fraction of sp³-hybridized carbons (Fsp3) is 0.154. The van der Waals surface area contributed by atoms with Crippen molar-refractivity contribution in [1.82, 2.24) is 4.98 Å². The second kappa shape index (κ2) is 5.46. The summed E-state index contributed by atoms with van der Waals surface area (Å²) in [6, 6.07) is 7.19. The Hall–Kier alpha value is -1.46. The third-order valence-electron chi connectivity index (χ3n) is 2.36. The van der Waals surface area contributed by atoms with Crippen LogP contribution in [-0.2, 0) is 0 Å². The molecule has 1 N–H and O–H groups in total. The summed E-state index contributed by atoms with van der Waals surface area (Å²) in [6.07, 6.45) is 0.993. The van der Waals surface area contributed by atoms with Gasteiger partial charge < -0.3 is 5.11 Å². The Labute approximate surface area is 108 Å². The van der Waals surface area contributed by atoms with Gasteiger partial charge in [0.1, 0.15) is 5.03 Å². The molecule has 0 amide bonds. The van der Waals surface area contributed by atoms with Crippen LogP contribution >= 0.6 is 11.8 Å². The SMILES string of the molecule is CC(O)c1ccc(Sc2ccc(F)c(F)c2)nc1. The number of benzene rings is 1. The summed E-state index contributed by atoms with van der Waals surface area (Å²) in [5.41, 5.74) is 0.713. The maximum absolute atomic E-state index is 13.0. The predicted molar refractivity (Wildman–Crippen MR) is 65.4 cm³/mol. The number of aliphatic hydroxyl groups excluding tert-OH is 1. The van der Waals surface area contributed by atoms with Crippen molar-refractivity contribution in [2.45, 2.75) is 22.9 Å². The van der Waals surface area contributed by atoms with E-state index >= 15 is 0 Å². The van der Waals surface area contributed by atoms with Crippen molar-refractivity contribution < 1.29 is 13.9 Å². The van der Waals surface area contributed by atoms with Crippen LogP contribution in [0.25, 0.3) is 0 Å². The van der Waals surface area contributed by atoms with Crippen LogP contribution in [0.5, 0.6) is 0 Å². The molecular weight excluding hydrogens is 256 g/mol. The molecule has 0 aliphatic carbocycles. The van der Waals surface area contributed by atoms with Gasteiger partial charge in [-0.3, -0.25) is 0 Å². The lowest BCUT2D eigenvalue weighted by atomic mass is 10.2. The Kier molecular flexibility index (Phi) is 3.93. The lowest BCUT2D eigenvalue weighted by Gasteiger charge is -2.05. The highest BCUT2D eigenvalue weighted by Gasteiger charge is 2.06. The van der Waals surface area contributed by atoms with Gasteiger partial charge in [-0.05, 0) is 36.8 Å². The van der Waals surface area contributed by atoms with Crippen molar-refractivity contribution >= 4 is 11.8 Å². The van der Waals surface area contributed by atoms with Crippen LogP contribution in [0.1, 0.15) is 18.6 Å². The molecule has 1 aromatic carbocycles. The molecule has 2 nitrogen and oxygen atoms in total. The second-order valence-corrected chi connectivity index (χ2v) is 4.88. The van der Waals surface area contributed by atoms with Crippen LogP contribution < -0.4 is 0 Å². The number of pyridine rings is 1. The summed E-state index contributed by atoms with van der Waals surface area (Å²) in [4.78, 5) is 4.71. The Morgan fingerprint density at radius 2 is 1.94 bits per heavy atom. The molecule has 0 saturated carbocycles. The first-order valence-corrected chi connectivity index (χ1v) is 6.15. The Morgan fingerprint density at radius 3 is 2.50 bits per heavy atom. The maximum atomic E-state index is 13.0. The zero-order valence-electron chi connectivity index (χ0n) is 9.60. The van der Waals surface area contributed by atoms with Crippen LogP contribution in [0.4, 0.5) is 8.78 Å². The predicted octanol–water partition coefficient (Wildman–Crippen LogP) is 3.56. The quantitative estimate of drug-likeness (QED) is 0.923. The average Bonchev–Trinajstić information content (AvgIpc) is 2.34. The summed E-state index contributed by atoms with van der Waals surface area (Å²) in [7, 11) is 0. The van der Waals surface area contributed by atoms with E-state index in [4.69, 9.17) is 0 Å². The van der Waals surface area contributed by atoms with Crippen LogP contribution in [0, 0.1) is 11.6 Å². The number of nitrogens with zero attached hydrogens (tertiary/aromatic N) is 1. The molecular formula is C13H11F2NOS. The van der Waals surface area contributed by atoms with Crippen molar-refractivity contribution in [2.24, 2.45) is 0 Å². The number of rotatable bonds is 3. The van der Waals surface area contributed by atoms with E-state index in [2.05, 4.69) is 4.98 Å². The molecule has 0 aliphatic rings. The third-order valence-corrected chi connectivity index (χ3v) is 3.30. The highest BCUT2D eigenvalue weighted by molar-refractivity contribution is 7.99. The number of aliphatic hydroxyl groups is 1. The van der Waals surface area contributed by atoms with Crippen molar-refractivity contribution in [3.63, 3.8) is 0 Å². The molecule has 94 valence electrons. The molecule has 0 spiro atoms. The smallest absolute Gasteiger partial charge is 0.159 e. The largest absolute Gasteiger partial charge is 0.389 e. The van der Waals surface area contributed by atoms with Gasteiger partial charge in [-0.15, -0.1) is 0 Å². The van der Waals surface area contributed by atoms with Crippen molar-refractivity contribution in [3.8, 4) is 0 Å². The van der Waals surface area contributed by atoms with Gasteiger partial charge in [0.2, 0.25) is 0 Å². The number of hydrogen-bond acceptors (Lipinski definition) is 3. The highest BCUT2D eigenvalue weighted by Crippen LogP contribution is 2.27. The maximum Gasteiger partial charge on any atom is 0.159 e. The summed E-state index contributed by atoms with van der Waals surface area (Å²) in [5.74, 6) is -1.74. The van der Waals surface area contributed by atoms with Gasteiger partial charge in [0, 0.05) is 11.1 Å². The highest BCUT2D eigenvalue weighted by atomic mass is 32.2. The normalized spacial score (nSPS) is 12.4. The Morgan fingerprint density at radius 1 is 1.17 bits per heavy atom. The molecule has 0 saturated heterocycles. The minimum atomic E-state index is -0.874. The monoisotopic (exact) mass is 267 g/mol. The van der Waals surface area contributed by atoms with Crippen molar-refractivity contribution in [1.29, 1.82) is 0 Å². The first-order chi connectivity index (χ1) is 8.56. The van der Waals surface area contributed by atoms with Crippen molar-refractivity contribution in [3.05, 3.63) is 53.7 Å². The fourth-order valence-electron chi connectivity index (χ4n) is 1.36. The first-order valence-electron chi connectivity index (χ1n) is 5.33.